The Hall–Kier alpha value is -3.18. The van der Waals surface area contributed by atoms with Gasteiger partial charge in [-0.1, -0.05) is 61.6 Å². The van der Waals surface area contributed by atoms with E-state index in [1.54, 1.807) is 25.1 Å². The lowest BCUT2D eigenvalue weighted by atomic mass is 10.1. The molecule has 0 fully saturated rings. The number of nitrogens with zero attached hydrogens (tertiary/aromatic N) is 2. The van der Waals surface area contributed by atoms with Crippen LogP contribution in [0.25, 0.3) is 0 Å². The number of carbonyl (C=O) groups excluding carboxylic acids is 2. The fourth-order valence-electron chi connectivity index (χ4n) is 4.42. The largest absolute Gasteiger partial charge is 0.493 e. The number of anilines is 1. The molecule has 44 heavy (non-hydrogen) atoms. The van der Waals surface area contributed by atoms with Gasteiger partial charge in [-0.3, -0.25) is 13.9 Å². The molecule has 0 heterocycles. The molecule has 0 radical (unpaired) electrons. The molecule has 3 rings (SSSR count). The fourth-order valence-corrected chi connectivity index (χ4v) is 6.44. The smallest absolute Gasteiger partial charge is 0.264 e. The van der Waals surface area contributed by atoms with Gasteiger partial charge in [-0.05, 0) is 66.4 Å². The SMILES string of the molecule is CC[C@@H](C(=O)NCC(C)C)N(Cc1ccc(Cl)cc1Cl)C(=O)CN(c1ccc(Cl)cc1)S(=O)(=O)c1ccc(OC)c(OC)c1. The van der Waals surface area contributed by atoms with Gasteiger partial charge in [0.2, 0.25) is 11.8 Å². The van der Waals surface area contributed by atoms with Crippen LogP contribution in [-0.2, 0) is 26.2 Å². The Bertz CT molecular complexity index is 1570. The van der Waals surface area contributed by atoms with E-state index < -0.39 is 28.5 Å². The van der Waals surface area contributed by atoms with Crippen LogP contribution in [0.1, 0.15) is 32.8 Å². The maximum Gasteiger partial charge on any atom is 0.264 e. The summed E-state index contributed by atoms with van der Waals surface area (Å²) in [5.41, 5.74) is 0.736. The summed E-state index contributed by atoms with van der Waals surface area (Å²) in [5, 5.41) is 3.99. The van der Waals surface area contributed by atoms with Gasteiger partial charge in [0.1, 0.15) is 12.6 Å². The maximum atomic E-state index is 14.2. The molecule has 0 saturated heterocycles. The van der Waals surface area contributed by atoms with Crippen molar-refractivity contribution in [3.05, 3.63) is 81.3 Å². The van der Waals surface area contributed by atoms with E-state index in [4.69, 9.17) is 44.3 Å². The van der Waals surface area contributed by atoms with Crippen molar-refractivity contribution in [1.82, 2.24) is 10.2 Å². The first-order valence-electron chi connectivity index (χ1n) is 13.8. The molecule has 0 aliphatic heterocycles. The number of hydrogen-bond acceptors (Lipinski definition) is 6. The molecule has 3 aromatic carbocycles. The molecule has 0 saturated carbocycles. The highest BCUT2D eigenvalue weighted by Gasteiger charge is 2.34. The predicted molar refractivity (Wildman–Crippen MR) is 174 cm³/mol. The van der Waals surface area contributed by atoms with Gasteiger partial charge in [-0.2, -0.15) is 0 Å². The lowest BCUT2D eigenvalue weighted by Gasteiger charge is -2.33. The van der Waals surface area contributed by atoms with Crippen LogP contribution < -0.4 is 19.1 Å². The molecule has 3 aromatic rings. The van der Waals surface area contributed by atoms with Crippen LogP contribution in [-0.4, -0.2) is 58.5 Å². The molecule has 238 valence electrons. The number of nitrogens with one attached hydrogen (secondary N) is 1. The Labute approximate surface area is 274 Å². The average molecular weight is 685 g/mol. The lowest BCUT2D eigenvalue weighted by Crippen LogP contribution is -2.52. The maximum absolute atomic E-state index is 14.2. The standard InChI is InChI=1S/C31H36Cl3N3O6S/c1-6-27(31(39)35-17-20(2)3)36(18-21-7-8-23(33)15-26(21)34)30(38)19-37(24-11-9-22(32)10-12-24)44(40,41)25-13-14-28(42-4)29(16-25)43-5/h7-16,20,27H,6,17-19H2,1-5H3,(H,35,39)/t27-/m0/s1. The molecule has 0 spiro atoms. The van der Waals surface area contributed by atoms with E-state index >= 15 is 0 Å². The third-order valence-electron chi connectivity index (χ3n) is 6.76. The minimum Gasteiger partial charge on any atom is -0.493 e. The van der Waals surface area contributed by atoms with Gasteiger partial charge in [0.15, 0.2) is 11.5 Å². The lowest BCUT2D eigenvalue weighted by molar-refractivity contribution is -0.140. The van der Waals surface area contributed by atoms with Crippen LogP contribution in [0.4, 0.5) is 5.69 Å². The minimum absolute atomic E-state index is 0.0622. The van der Waals surface area contributed by atoms with Crippen molar-refractivity contribution in [3.8, 4) is 11.5 Å². The third kappa shape index (κ3) is 8.72. The van der Waals surface area contributed by atoms with Crippen molar-refractivity contribution >= 4 is 62.3 Å². The Balaban J connectivity index is 2.10. The van der Waals surface area contributed by atoms with Gasteiger partial charge in [0.05, 0.1) is 24.8 Å². The Morgan fingerprint density at radius 3 is 2.09 bits per heavy atom. The van der Waals surface area contributed by atoms with Gasteiger partial charge >= 0.3 is 0 Å². The van der Waals surface area contributed by atoms with E-state index in [1.165, 1.54) is 61.6 Å². The van der Waals surface area contributed by atoms with Crippen molar-refractivity contribution in [1.29, 1.82) is 0 Å². The highest BCUT2D eigenvalue weighted by molar-refractivity contribution is 7.92. The Morgan fingerprint density at radius 2 is 1.52 bits per heavy atom. The molecule has 1 N–H and O–H groups in total. The number of sulfonamides is 1. The van der Waals surface area contributed by atoms with Crippen molar-refractivity contribution in [3.63, 3.8) is 0 Å². The minimum atomic E-state index is -4.35. The number of rotatable bonds is 14. The van der Waals surface area contributed by atoms with Crippen molar-refractivity contribution in [2.24, 2.45) is 5.92 Å². The molecule has 0 aromatic heterocycles. The molecule has 0 bridgehead atoms. The number of carbonyl (C=O) groups is 2. The van der Waals surface area contributed by atoms with Crippen LogP contribution in [0.5, 0.6) is 11.5 Å². The van der Waals surface area contributed by atoms with Crippen LogP contribution in [0, 0.1) is 5.92 Å². The molecular formula is C31H36Cl3N3O6S. The van der Waals surface area contributed by atoms with E-state index in [2.05, 4.69) is 5.32 Å². The second kappa shape index (κ2) is 15.7. The van der Waals surface area contributed by atoms with E-state index in [0.717, 1.165) is 4.31 Å². The summed E-state index contributed by atoms with van der Waals surface area (Å²) >= 11 is 18.7. The quantitative estimate of drug-likeness (QED) is 0.210. The summed E-state index contributed by atoms with van der Waals surface area (Å²) in [4.78, 5) is 28.8. The first-order chi connectivity index (χ1) is 20.8. The third-order valence-corrected chi connectivity index (χ3v) is 9.37. The average Bonchev–Trinajstić information content (AvgIpc) is 2.99. The summed E-state index contributed by atoms with van der Waals surface area (Å²) in [7, 11) is -1.52. The van der Waals surface area contributed by atoms with Crippen LogP contribution in [0.15, 0.2) is 65.6 Å². The van der Waals surface area contributed by atoms with E-state index in [1.807, 2.05) is 13.8 Å². The van der Waals surface area contributed by atoms with E-state index in [0.29, 0.717) is 32.9 Å². The van der Waals surface area contributed by atoms with Gasteiger partial charge < -0.3 is 19.7 Å². The van der Waals surface area contributed by atoms with Crippen LogP contribution >= 0.6 is 34.8 Å². The Morgan fingerprint density at radius 1 is 0.886 bits per heavy atom. The van der Waals surface area contributed by atoms with E-state index in [-0.39, 0.29) is 41.1 Å². The predicted octanol–water partition coefficient (Wildman–Crippen LogP) is 6.44. The van der Waals surface area contributed by atoms with Gasteiger partial charge in [-0.25, -0.2) is 8.42 Å². The number of halogens is 3. The molecular weight excluding hydrogens is 649 g/mol. The molecule has 2 amide bonds. The molecule has 0 aliphatic carbocycles. The summed E-state index contributed by atoms with van der Waals surface area (Å²) < 4.78 is 39.9. The van der Waals surface area contributed by atoms with Crippen molar-refractivity contribution in [2.45, 2.75) is 44.7 Å². The first-order valence-corrected chi connectivity index (χ1v) is 16.4. The van der Waals surface area contributed by atoms with Gasteiger partial charge in [0, 0.05) is 34.2 Å². The zero-order valence-electron chi connectivity index (χ0n) is 25.1. The zero-order chi connectivity index (χ0) is 32.6. The highest BCUT2D eigenvalue weighted by atomic mass is 35.5. The number of hydrogen-bond donors (Lipinski definition) is 1. The summed E-state index contributed by atoms with van der Waals surface area (Å²) in [6, 6.07) is 14.1. The number of amides is 2. The molecule has 0 unspecified atom stereocenters. The summed E-state index contributed by atoms with van der Waals surface area (Å²) in [6.45, 7) is 5.41. The first kappa shape index (κ1) is 35.3. The molecule has 9 nitrogen and oxygen atoms in total. The topological polar surface area (TPSA) is 105 Å². The van der Waals surface area contributed by atoms with E-state index in [9.17, 15) is 18.0 Å². The normalized spacial score (nSPS) is 12.0. The van der Waals surface area contributed by atoms with Crippen LogP contribution in [0.2, 0.25) is 15.1 Å². The number of methoxy groups -OCH3 is 2. The monoisotopic (exact) mass is 683 g/mol. The Kier molecular flexibility index (Phi) is 12.6. The number of benzene rings is 3. The van der Waals surface area contributed by atoms with Crippen molar-refractivity contribution in [2.75, 3.05) is 31.6 Å². The molecule has 0 aliphatic rings. The number of ether oxygens (including phenoxy) is 2. The van der Waals surface area contributed by atoms with Gasteiger partial charge in [-0.15, -0.1) is 0 Å². The summed E-state index contributed by atoms with van der Waals surface area (Å²) in [5.74, 6) is -0.270. The second-order valence-corrected chi connectivity index (χ2v) is 13.5. The second-order valence-electron chi connectivity index (χ2n) is 10.3. The molecule has 13 heteroatoms. The highest BCUT2D eigenvalue weighted by Crippen LogP contribution is 2.33. The summed E-state index contributed by atoms with van der Waals surface area (Å²) in [6.07, 6.45) is 0.268. The zero-order valence-corrected chi connectivity index (χ0v) is 28.2. The fraction of sp³-hybridized carbons (Fsp3) is 0.355. The van der Waals surface area contributed by atoms with Crippen molar-refractivity contribution < 1.29 is 27.5 Å². The van der Waals surface area contributed by atoms with Gasteiger partial charge in [0.25, 0.3) is 10.0 Å². The molecule has 1 atom stereocenters. The van der Waals surface area contributed by atoms with Crippen LogP contribution in [0.3, 0.4) is 0 Å².